The molecule has 0 spiro atoms. The van der Waals surface area contributed by atoms with Gasteiger partial charge in [0.1, 0.15) is 0 Å². The van der Waals surface area contributed by atoms with E-state index in [1.165, 1.54) is 7.11 Å². The van der Waals surface area contributed by atoms with Crippen LogP contribution >= 0.6 is 15.9 Å². The first-order chi connectivity index (χ1) is 11.4. The second-order valence-corrected chi connectivity index (χ2v) is 6.11. The number of nitrogens with zero attached hydrogens (tertiary/aromatic N) is 1. The van der Waals surface area contributed by atoms with Gasteiger partial charge >= 0.3 is 0 Å². The van der Waals surface area contributed by atoms with Crippen LogP contribution in [0.5, 0.6) is 11.5 Å². The van der Waals surface area contributed by atoms with Crippen molar-refractivity contribution in [3.05, 3.63) is 51.5 Å². The van der Waals surface area contributed by atoms with Gasteiger partial charge in [-0.1, -0.05) is 12.1 Å². The van der Waals surface area contributed by atoms with Crippen LogP contribution in [0, 0.1) is 25.2 Å². The molecule has 1 amide bonds. The summed E-state index contributed by atoms with van der Waals surface area (Å²) in [6.07, 6.45) is 0. The van der Waals surface area contributed by atoms with Gasteiger partial charge in [-0.2, -0.15) is 5.26 Å². The summed E-state index contributed by atoms with van der Waals surface area (Å²) in [4.78, 5) is 12.1. The maximum absolute atomic E-state index is 12.1. The molecule has 124 valence electrons. The number of carbonyl (C=O) groups is 1. The average Bonchev–Trinajstić information content (AvgIpc) is 2.56. The van der Waals surface area contributed by atoms with Crippen molar-refractivity contribution in [1.82, 2.24) is 0 Å². The van der Waals surface area contributed by atoms with E-state index in [0.29, 0.717) is 21.5 Å². The molecule has 0 aliphatic rings. The molecule has 0 unspecified atom stereocenters. The Kier molecular flexibility index (Phi) is 5.83. The van der Waals surface area contributed by atoms with Crippen LogP contribution in [-0.4, -0.2) is 19.6 Å². The molecular weight excluding hydrogens is 372 g/mol. The largest absolute Gasteiger partial charge is 0.493 e. The van der Waals surface area contributed by atoms with Crippen molar-refractivity contribution in [2.45, 2.75) is 13.8 Å². The Hall–Kier alpha value is -2.52. The SMILES string of the molecule is COc1cc(C#N)cc(Br)c1OCC(=O)Nc1cc(C)ccc1C. The van der Waals surface area contributed by atoms with Crippen molar-refractivity contribution < 1.29 is 14.3 Å². The van der Waals surface area contributed by atoms with Gasteiger partial charge in [0, 0.05) is 11.8 Å². The third-order valence-corrected chi connectivity index (χ3v) is 3.96. The van der Waals surface area contributed by atoms with Crippen LogP contribution in [0.4, 0.5) is 5.69 Å². The van der Waals surface area contributed by atoms with Crippen molar-refractivity contribution >= 4 is 27.5 Å². The van der Waals surface area contributed by atoms with E-state index >= 15 is 0 Å². The fourth-order valence-electron chi connectivity index (χ4n) is 2.12. The van der Waals surface area contributed by atoms with Gasteiger partial charge in [-0.05, 0) is 53.0 Å². The van der Waals surface area contributed by atoms with Gasteiger partial charge in [0.05, 0.1) is 23.2 Å². The van der Waals surface area contributed by atoms with E-state index in [9.17, 15) is 4.79 Å². The molecule has 24 heavy (non-hydrogen) atoms. The van der Waals surface area contributed by atoms with E-state index in [0.717, 1.165) is 16.8 Å². The summed E-state index contributed by atoms with van der Waals surface area (Å²) in [6, 6.07) is 11.0. The summed E-state index contributed by atoms with van der Waals surface area (Å²) in [5.74, 6) is 0.495. The van der Waals surface area contributed by atoms with Crippen molar-refractivity contribution in [1.29, 1.82) is 5.26 Å². The fraction of sp³-hybridized carbons (Fsp3) is 0.222. The Morgan fingerprint density at radius 1 is 1.29 bits per heavy atom. The third kappa shape index (κ3) is 4.27. The predicted molar refractivity (Wildman–Crippen MR) is 95.4 cm³/mol. The molecule has 0 aliphatic heterocycles. The van der Waals surface area contributed by atoms with Gasteiger partial charge in [-0.25, -0.2) is 0 Å². The molecule has 0 fully saturated rings. The number of ether oxygens (including phenoxy) is 2. The van der Waals surface area contributed by atoms with Gasteiger partial charge < -0.3 is 14.8 Å². The summed E-state index contributed by atoms with van der Waals surface area (Å²) in [6.45, 7) is 3.72. The first-order valence-electron chi connectivity index (χ1n) is 7.22. The molecule has 0 atom stereocenters. The summed E-state index contributed by atoms with van der Waals surface area (Å²) >= 11 is 3.33. The molecule has 0 aromatic heterocycles. The quantitative estimate of drug-likeness (QED) is 0.840. The number of amides is 1. The zero-order valence-corrected chi connectivity index (χ0v) is 15.2. The Morgan fingerprint density at radius 2 is 2.04 bits per heavy atom. The number of hydrogen-bond acceptors (Lipinski definition) is 4. The lowest BCUT2D eigenvalue weighted by Crippen LogP contribution is -2.21. The smallest absolute Gasteiger partial charge is 0.262 e. The van der Waals surface area contributed by atoms with E-state index < -0.39 is 0 Å². The normalized spacial score (nSPS) is 9.96. The molecule has 2 aromatic carbocycles. The van der Waals surface area contributed by atoms with E-state index in [2.05, 4.69) is 21.2 Å². The lowest BCUT2D eigenvalue weighted by atomic mass is 10.1. The van der Waals surface area contributed by atoms with Gasteiger partial charge in [0.25, 0.3) is 5.91 Å². The van der Waals surface area contributed by atoms with Gasteiger partial charge in [0.15, 0.2) is 18.1 Å². The fourth-order valence-corrected chi connectivity index (χ4v) is 2.68. The van der Waals surface area contributed by atoms with Crippen LogP contribution in [0.1, 0.15) is 16.7 Å². The summed E-state index contributed by atoms with van der Waals surface area (Å²) < 4.78 is 11.3. The Labute approximate surface area is 149 Å². The molecule has 0 radical (unpaired) electrons. The maximum atomic E-state index is 12.1. The number of hydrogen-bond donors (Lipinski definition) is 1. The van der Waals surface area contributed by atoms with Crippen LogP contribution in [0.15, 0.2) is 34.8 Å². The van der Waals surface area contributed by atoms with Gasteiger partial charge in [-0.3, -0.25) is 4.79 Å². The van der Waals surface area contributed by atoms with E-state index in [4.69, 9.17) is 14.7 Å². The second-order valence-electron chi connectivity index (χ2n) is 5.26. The van der Waals surface area contributed by atoms with E-state index in [1.807, 2.05) is 38.1 Å². The molecule has 2 rings (SSSR count). The van der Waals surface area contributed by atoms with Crippen molar-refractivity contribution in [2.75, 3.05) is 19.0 Å². The lowest BCUT2D eigenvalue weighted by molar-refractivity contribution is -0.118. The molecule has 0 aliphatic carbocycles. The Bertz CT molecular complexity index is 813. The second kappa shape index (κ2) is 7.84. The van der Waals surface area contributed by atoms with Crippen LogP contribution in [0.25, 0.3) is 0 Å². The molecule has 0 heterocycles. The van der Waals surface area contributed by atoms with Crippen molar-refractivity contribution in [3.63, 3.8) is 0 Å². The van der Waals surface area contributed by atoms with Crippen LogP contribution in [0.2, 0.25) is 0 Å². The van der Waals surface area contributed by atoms with E-state index in [1.54, 1.807) is 12.1 Å². The standard InChI is InChI=1S/C18H17BrN2O3/c1-11-4-5-12(2)15(6-11)21-17(22)10-24-18-14(19)7-13(9-20)8-16(18)23-3/h4-8H,10H2,1-3H3,(H,21,22). The minimum atomic E-state index is -0.276. The molecule has 0 saturated carbocycles. The highest BCUT2D eigenvalue weighted by molar-refractivity contribution is 9.10. The summed E-state index contributed by atoms with van der Waals surface area (Å²) in [5.41, 5.74) is 3.24. The third-order valence-electron chi connectivity index (χ3n) is 3.37. The highest BCUT2D eigenvalue weighted by Crippen LogP contribution is 2.36. The number of halogens is 1. The predicted octanol–water partition coefficient (Wildman–Crippen LogP) is 3.96. The van der Waals surface area contributed by atoms with Crippen molar-refractivity contribution in [2.24, 2.45) is 0 Å². The minimum absolute atomic E-state index is 0.172. The monoisotopic (exact) mass is 388 g/mol. The zero-order valence-electron chi connectivity index (χ0n) is 13.6. The number of methoxy groups -OCH3 is 1. The number of nitrogens with one attached hydrogen (secondary N) is 1. The molecule has 2 aromatic rings. The number of aryl methyl sites for hydroxylation is 2. The highest BCUT2D eigenvalue weighted by Gasteiger charge is 2.14. The zero-order chi connectivity index (χ0) is 17.7. The van der Waals surface area contributed by atoms with Crippen LogP contribution in [-0.2, 0) is 4.79 Å². The summed E-state index contributed by atoms with van der Waals surface area (Å²) in [7, 11) is 1.48. The highest BCUT2D eigenvalue weighted by atomic mass is 79.9. The lowest BCUT2D eigenvalue weighted by Gasteiger charge is -2.14. The number of anilines is 1. The Morgan fingerprint density at radius 3 is 2.71 bits per heavy atom. The molecular formula is C18H17BrN2O3. The van der Waals surface area contributed by atoms with Crippen LogP contribution < -0.4 is 14.8 Å². The number of rotatable bonds is 5. The number of nitriles is 1. The van der Waals surface area contributed by atoms with E-state index in [-0.39, 0.29) is 12.5 Å². The molecule has 0 saturated heterocycles. The first-order valence-corrected chi connectivity index (χ1v) is 8.01. The van der Waals surface area contributed by atoms with Gasteiger partial charge in [-0.15, -0.1) is 0 Å². The van der Waals surface area contributed by atoms with Crippen molar-refractivity contribution in [3.8, 4) is 17.6 Å². The number of benzene rings is 2. The molecule has 5 nitrogen and oxygen atoms in total. The summed E-state index contributed by atoms with van der Waals surface area (Å²) in [5, 5.41) is 11.8. The Balaban J connectivity index is 2.09. The molecule has 6 heteroatoms. The average molecular weight is 389 g/mol. The first kappa shape index (κ1) is 17.8. The molecule has 1 N–H and O–H groups in total. The number of carbonyl (C=O) groups excluding carboxylic acids is 1. The van der Waals surface area contributed by atoms with Crippen LogP contribution in [0.3, 0.4) is 0 Å². The maximum Gasteiger partial charge on any atom is 0.262 e. The van der Waals surface area contributed by atoms with Gasteiger partial charge in [0.2, 0.25) is 0 Å². The minimum Gasteiger partial charge on any atom is -0.493 e. The molecule has 0 bridgehead atoms. The topological polar surface area (TPSA) is 71.3 Å².